The van der Waals surface area contributed by atoms with Crippen LogP contribution in [0.25, 0.3) is 0 Å². The van der Waals surface area contributed by atoms with Crippen LogP contribution < -0.4 is 10.5 Å². The lowest BCUT2D eigenvalue weighted by atomic mass is 10.2. The van der Waals surface area contributed by atoms with E-state index in [1.807, 2.05) is 0 Å². The molecule has 1 rings (SSSR count). The first-order chi connectivity index (χ1) is 8.72. The molecule has 0 saturated carbocycles. The predicted octanol–water partition coefficient (Wildman–Crippen LogP) is 3.74. The molecule has 0 heterocycles. The highest BCUT2D eigenvalue weighted by molar-refractivity contribution is 9.09. The number of ether oxygens (including phenoxy) is 2. The van der Waals surface area contributed by atoms with Crippen LogP contribution in [0.2, 0.25) is 0 Å². The van der Waals surface area contributed by atoms with E-state index in [0.29, 0.717) is 18.0 Å². The van der Waals surface area contributed by atoms with Gasteiger partial charge in [-0.1, -0.05) is 28.8 Å². The lowest BCUT2D eigenvalue weighted by Crippen LogP contribution is -2.11. The largest absolute Gasteiger partial charge is 0.513 e. The van der Waals surface area contributed by atoms with Crippen LogP contribution in [0.15, 0.2) is 24.3 Å². The molecule has 0 amide bonds. The van der Waals surface area contributed by atoms with Crippen LogP contribution >= 0.6 is 15.9 Å². The molecule has 5 heteroatoms. The summed E-state index contributed by atoms with van der Waals surface area (Å²) < 4.78 is 9.93. The molecule has 0 aromatic heterocycles. The van der Waals surface area contributed by atoms with E-state index >= 15 is 0 Å². The lowest BCUT2D eigenvalue weighted by Gasteiger charge is -2.05. The molecule has 0 aliphatic rings. The standard InChI is InChI=1S/C13H18BrNO3/c14-9-3-1-2-4-10-17-13(16)18-12-7-5-11(15)6-8-12/h5-8H,1-4,9-10,15H2. The Kier molecular flexibility index (Phi) is 7.25. The zero-order chi connectivity index (χ0) is 13.2. The van der Waals surface area contributed by atoms with E-state index in [2.05, 4.69) is 15.9 Å². The van der Waals surface area contributed by atoms with Crippen molar-refractivity contribution in [2.45, 2.75) is 25.7 Å². The fourth-order valence-electron chi connectivity index (χ4n) is 1.37. The highest BCUT2D eigenvalue weighted by Gasteiger charge is 2.05. The maximum absolute atomic E-state index is 11.3. The Morgan fingerprint density at radius 2 is 1.78 bits per heavy atom. The SMILES string of the molecule is Nc1ccc(OC(=O)OCCCCCCBr)cc1. The maximum atomic E-state index is 11.3. The molecule has 2 N–H and O–H groups in total. The van der Waals surface area contributed by atoms with Gasteiger partial charge in [-0.15, -0.1) is 0 Å². The number of carbonyl (C=O) groups excluding carboxylic acids is 1. The van der Waals surface area contributed by atoms with Crippen LogP contribution in [0.5, 0.6) is 5.75 Å². The van der Waals surface area contributed by atoms with Gasteiger partial charge in [-0.2, -0.15) is 0 Å². The third kappa shape index (κ3) is 6.49. The van der Waals surface area contributed by atoms with E-state index in [4.69, 9.17) is 15.2 Å². The number of benzene rings is 1. The van der Waals surface area contributed by atoms with Gasteiger partial charge in [0.2, 0.25) is 0 Å². The second kappa shape index (κ2) is 8.80. The lowest BCUT2D eigenvalue weighted by molar-refractivity contribution is 0.0973. The normalized spacial score (nSPS) is 10.1. The van der Waals surface area contributed by atoms with Crippen molar-refractivity contribution in [2.24, 2.45) is 0 Å². The number of nitrogens with two attached hydrogens (primary N) is 1. The third-order valence-corrected chi connectivity index (χ3v) is 2.89. The van der Waals surface area contributed by atoms with Crippen molar-refractivity contribution in [1.29, 1.82) is 0 Å². The molecule has 0 bridgehead atoms. The molecule has 0 saturated heterocycles. The van der Waals surface area contributed by atoms with E-state index in [-0.39, 0.29) is 0 Å². The Morgan fingerprint density at radius 3 is 2.44 bits per heavy atom. The molecule has 100 valence electrons. The van der Waals surface area contributed by atoms with Gasteiger partial charge < -0.3 is 15.2 Å². The number of unbranched alkanes of at least 4 members (excludes halogenated alkanes) is 3. The zero-order valence-electron chi connectivity index (χ0n) is 10.2. The number of hydrogen-bond donors (Lipinski definition) is 1. The van der Waals surface area contributed by atoms with Gasteiger partial charge in [0, 0.05) is 11.0 Å². The van der Waals surface area contributed by atoms with Crippen molar-refractivity contribution in [3.8, 4) is 5.75 Å². The first-order valence-electron chi connectivity index (χ1n) is 5.98. The Morgan fingerprint density at radius 1 is 1.11 bits per heavy atom. The third-order valence-electron chi connectivity index (χ3n) is 2.33. The van der Waals surface area contributed by atoms with Crippen molar-refractivity contribution >= 4 is 27.8 Å². The molecule has 0 unspecified atom stereocenters. The molecular formula is C13H18BrNO3. The van der Waals surface area contributed by atoms with Crippen molar-refractivity contribution in [3.63, 3.8) is 0 Å². The quantitative estimate of drug-likeness (QED) is 0.274. The second-order valence-corrected chi connectivity index (χ2v) is 4.67. The van der Waals surface area contributed by atoms with Crippen LogP contribution in [0, 0.1) is 0 Å². The van der Waals surface area contributed by atoms with Crippen molar-refractivity contribution in [1.82, 2.24) is 0 Å². The molecule has 0 aliphatic heterocycles. The number of alkyl halides is 1. The van der Waals surface area contributed by atoms with Crippen molar-refractivity contribution < 1.29 is 14.3 Å². The van der Waals surface area contributed by atoms with Gasteiger partial charge in [0.25, 0.3) is 0 Å². The molecule has 1 aromatic carbocycles. The molecule has 4 nitrogen and oxygen atoms in total. The summed E-state index contributed by atoms with van der Waals surface area (Å²) in [4.78, 5) is 11.3. The fourth-order valence-corrected chi connectivity index (χ4v) is 1.76. The smallest absolute Gasteiger partial charge is 0.434 e. The molecule has 0 atom stereocenters. The summed E-state index contributed by atoms with van der Waals surface area (Å²) in [6.45, 7) is 0.399. The Hall–Kier alpha value is -1.23. The molecule has 0 fully saturated rings. The van der Waals surface area contributed by atoms with Crippen LogP contribution in [0.1, 0.15) is 25.7 Å². The number of carbonyl (C=O) groups is 1. The van der Waals surface area contributed by atoms with Crippen molar-refractivity contribution in [3.05, 3.63) is 24.3 Å². The Labute approximate surface area is 116 Å². The van der Waals surface area contributed by atoms with Gasteiger partial charge in [0.1, 0.15) is 5.75 Å². The summed E-state index contributed by atoms with van der Waals surface area (Å²) in [5, 5.41) is 1.02. The zero-order valence-corrected chi connectivity index (χ0v) is 11.8. The van der Waals surface area contributed by atoms with Crippen LogP contribution in [0.3, 0.4) is 0 Å². The molecular weight excluding hydrogens is 298 g/mol. The monoisotopic (exact) mass is 315 g/mol. The maximum Gasteiger partial charge on any atom is 0.513 e. The average molecular weight is 316 g/mol. The predicted molar refractivity (Wildman–Crippen MR) is 75.1 cm³/mol. The second-order valence-electron chi connectivity index (χ2n) is 3.87. The van der Waals surface area contributed by atoms with Gasteiger partial charge in [0.15, 0.2) is 0 Å². The van der Waals surface area contributed by atoms with Gasteiger partial charge in [-0.3, -0.25) is 0 Å². The van der Waals surface area contributed by atoms with E-state index in [9.17, 15) is 4.79 Å². The summed E-state index contributed by atoms with van der Waals surface area (Å²) in [6, 6.07) is 6.60. The van der Waals surface area contributed by atoms with Gasteiger partial charge in [-0.25, -0.2) is 4.79 Å². The van der Waals surface area contributed by atoms with Crippen LogP contribution in [-0.2, 0) is 4.74 Å². The average Bonchev–Trinajstić information content (AvgIpc) is 2.36. The summed E-state index contributed by atoms with van der Waals surface area (Å²) in [5.74, 6) is 0.438. The minimum atomic E-state index is -0.666. The first-order valence-corrected chi connectivity index (χ1v) is 7.10. The summed E-state index contributed by atoms with van der Waals surface area (Å²) in [7, 11) is 0. The fraction of sp³-hybridized carbons (Fsp3) is 0.462. The summed E-state index contributed by atoms with van der Waals surface area (Å²) >= 11 is 3.37. The Balaban J connectivity index is 2.12. The number of nitrogen functional groups attached to an aromatic ring is 1. The molecule has 0 aliphatic carbocycles. The molecule has 1 aromatic rings. The van der Waals surface area contributed by atoms with Gasteiger partial charge >= 0.3 is 6.16 Å². The number of rotatable bonds is 7. The van der Waals surface area contributed by atoms with Gasteiger partial charge in [-0.05, 0) is 37.1 Å². The minimum absolute atomic E-state index is 0.399. The van der Waals surface area contributed by atoms with Gasteiger partial charge in [0.05, 0.1) is 6.61 Å². The highest BCUT2D eigenvalue weighted by Crippen LogP contribution is 2.13. The number of hydrogen-bond acceptors (Lipinski definition) is 4. The number of halogens is 1. The van der Waals surface area contributed by atoms with E-state index in [1.54, 1.807) is 24.3 Å². The molecule has 0 radical (unpaired) electrons. The van der Waals surface area contributed by atoms with Crippen LogP contribution in [0.4, 0.5) is 10.5 Å². The molecule has 18 heavy (non-hydrogen) atoms. The van der Waals surface area contributed by atoms with E-state index < -0.39 is 6.16 Å². The topological polar surface area (TPSA) is 61.5 Å². The summed E-state index contributed by atoms with van der Waals surface area (Å²) in [5.41, 5.74) is 6.15. The van der Waals surface area contributed by atoms with Crippen LogP contribution in [-0.4, -0.2) is 18.1 Å². The Bertz CT molecular complexity index is 354. The summed E-state index contributed by atoms with van der Waals surface area (Å²) in [6.07, 6.45) is 3.54. The highest BCUT2D eigenvalue weighted by atomic mass is 79.9. The first kappa shape index (κ1) is 14.8. The number of anilines is 1. The minimum Gasteiger partial charge on any atom is -0.434 e. The van der Waals surface area contributed by atoms with E-state index in [0.717, 1.165) is 31.0 Å². The van der Waals surface area contributed by atoms with E-state index in [1.165, 1.54) is 0 Å². The van der Waals surface area contributed by atoms with Crippen molar-refractivity contribution in [2.75, 3.05) is 17.7 Å². The molecule has 0 spiro atoms.